The van der Waals surface area contributed by atoms with Crippen molar-refractivity contribution in [3.63, 3.8) is 0 Å². The minimum absolute atomic E-state index is 0.0168. The van der Waals surface area contributed by atoms with Crippen LogP contribution in [0.5, 0.6) is 0 Å². The second-order valence-corrected chi connectivity index (χ2v) is 10.7. The molecule has 7 nitrogen and oxygen atoms in total. The number of rotatable bonds is 9. The van der Waals surface area contributed by atoms with Gasteiger partial charge in [-0.15, -0.1) is 0 Å². The van der Waals surface area contributed by atoms with Crippen LogP contribution in [0.25, 0.3) is 0 Å². The Balaban J connectivity index is 1.66. The van der Waals surface area contributed by atoms with Crippen molar-refractivity contribution in [2.45, 2.75) is 52.6 Å². The fraction of sp³-hybridized carbons (Fsp3) is 0.500. The van der Waals surface area contributed by atoms with Crippen molar-refractivity contribution in [1.82, 2.24) is 9.47 Å². The molecule has 1 saturated heterocycles. The van der Waals surface area contributed by atoms with Crippen LogP contribution in [0.1, 0.15) is 53.5 Å². The average Bonchev–Trinajstić information content (AvgIpc) is 3.26. The first-order valence-electron chi connectivity index (χ1n) is 11.1. The molecule has 1 atom stereocenters. The van der Waals surface area contributed by atoms with E-state index in [1.165, 1.54) is 0 Å². The maximum absolute atomic E-state index is 12.8. The summed E-state index contributed by atoms with van der Waals surface area (Å²) in [6, 6.07) is 11.4. The van der Waals surface area contributed by atoms with Gasteiger partial charge in [0.2, 0.25) is 0 Å². The number of unbranched alkanes of at least 4 members (excludes halogenated alkanes) is 1. The minimum Gasteiger partial charge on any atom is -0.452 e. The molecule has 1 amide bonds. The van der Waals surface area contributed by atoms with Gasteiger partial charge < -0.3 is 14.2 Å². The number of amides is 1. The van der Waals surface area contributed by atoms with Gasteiger partial charge in [0, 0.05) is 30.5 Å². The summed E-state index contributed by atoms with van der Waals surface area (Å²) in [6.45, 7) is 6.54. The molecule has 1 aromatic heterocycles. The van der Waals surface area contributed by atoms with Crippen molar-refractivity contribution in [1.29, 1.82) is 0 Å². The first-order chi connectivity index (χ1) is 15.2. The van der Waals surface area contributed by atoms with E-state index in [4.69, 9.17) is 4.74 Å². The lowest BCUT2D eigenvalue weighted by molar-refractivity contribution is -0.136. The van der Waals surface area contributed by atoms with Gasteiger partial charge in [0.15, 0.2) is 16.4 Å². The summed E-state index contributed by atoms with van der Waals surface area (Å²) in [5, 5.41) is 0. The monoisotopic (exact) mass is 460 g/mol. The quantitative estimate of drug-likeness (QED) is 0.537. The summed E-state index contributed by atoms with van der Waals surface area (Å²) in [6.07, 6.45) is 2.10. The Hall–Kier alpha value is -2.61. The number of esters is 1. The van der Waals surface area contributed by atoms with Crippen molar-refractivity contribution in [2.24, 2.45) is 0 Å². The van der Waals surface area contributed by atoms with Gasteiger partial charge in [-0.3, -0.25) is 4.79 Å². The molecule has 0 bridgehead atoms. The number of benzene rings is 1. The van der Waals surface area contributed by atoms with Gasteiger partial charge in [-0.2, -0.15) is 0 Å². The molecule has 0 N–H and O–H groups in total. The molecule has 2 heterocycles. The molecule has 0 saturated carbocycles. The fourth-order valence-electron chi connectivity index (χ4n) is 4.17. The SMILES string of the molecule is CCCCN(C(=O)COC(=O)c1cc(C)n(Cc2ccccc2)c1C)C1CCS(=O)(=O)C1. The lowest BCUT2D eigenvalue weighted by atomic mass is 10.2. The number of ether oxygens (including phenoxy) is 1. The molecule has 1 aliphatic rings. The van der Waals surface area contributed by atoms with E-state index in [1.807, 2.05) is 55.7 Å². The molecule has 8 heteroatoms. The number of carbonyl (C=O) groups is 2. The molecular formula is C24H32N2O5S. The zero-order chi connectivity index (χ0) is 23.3. The highest BCUT2D eigenvalue weighted by Crippen LogP contribution is 2.20. The van der Waals surface area contributed by atoms with E-state index >= 15 is 0 Å². The Morgan fingerprint density at radius 1 is 1.19 bits per heavy atom. The number of hydrogen-bond acceptors (Lipinski definition) is 5. The predicted octanol–water partition coefficient (Wildman–Crippen LogP) is 3.13. The number of carbonyl (C=O) groups excluding carboxylic acids is 2. The number of nitrogens with zero attached hydrogens (tertiary/aromatic N) is 2. The van der Waals surface area contributed by atoms with E-state index < -0.39 is 15.8 Å². The Morgan fingerprint density at radius 2 is 1.91 bits per heavy atom. The van der Waals surface area contributed by atoms with Gasteiger partial charge in [-0.25, -0.2) is 13.2 Å². The Labute approximate surface area is 190 Å². The summed E-state index contributed by atoms with van der Waals surface area (Å²) in [4.78, 5) is 27.2. The molecule has 32 heavy (non-hydrogen) atoms. The van der Waals surface area contributed by atoms with E-state index in [0.29, 0.717) is 25.1 Å². The molecule has 0 radical (unpaired) electrons. The summed E-state index contributed by atoms with van der Waals surface area (Å²) < 4.78 is 31.2. The maximum atomic E-state index is 12.8. The molecule has 2 aromatic rings. The molecule has 0 aliphatic carbocycles. The molecule has 1 fully saturated rings. The molecule has 1 aliphatic heterocycles. The standard InChI is InChI=1S/C24H32N2O5S/c1-4-5-12-25(21-11-13-32(29,30)17-21)23(27)16-31-24(28)22-14-18(2)26(19(22)3)15-20-9-7-6-8-10-20/h6-10,14,21H,4-5,11-13,15-17H2,1-3H3. The minimum atomic E-state index is -3.11. The molecular weight excluding hydrogens is 428 g/mol. The van der Waals surface area contributed by atoms with Gasteiger partial charge >= 0.3 is 5.97 Å². The van der Waals surface area contributed by atoms with Gasteiger partial charge in [-0.1, -0.05) is 43.7 Å². The lowest BCUT2D eigenvalue weighted by Crippen LogP contribution is -2.43. The van der Waals surface area contributed by atoms with E-state index in [2.05, 4.69) is 0 Å². The summed E-state index contributed by atoms with van der Waals surface area (Å²) in [5.74, 6) is -0.801. The molecule has 0 spiro atoms. The first-order valence-corrected chi connectivity index (χ1v) is 12.9. The van der Waals surface area contributed by atoms with Crippen molar-refractivity contribution in [3.05, 3.63) is 58.9 Å². The van der Waals surface area contributed by atoms with E-state index in [1.54, 1.807) is 11.0 Å². The zero-order valence-corrected chi connectivity index (χ0v) is 19.9. The van der Waals surface area contributed by atoms with Crippen LogP contribution in [0.15, 0.2) is 36.4 Å². The van der Waals surface area contributed by atoms with Crippen molar-refractivity contribution in [3.8, 4) is 0 Å². The highest BCUT2D eigenvalue weighted by atomic mass is 32.2. The van der Waals surface area contributed by atoms with Crippen molar-refractivity contribution >= 4 is 21.7 Å². The average molecular weight is 461 g/mol. The largest absolute Gasteiger partial charge is 0.452 e. The van der Waals surface area contributed by atoms with Crippen LogP contribution < -0.4 is 0 Å². The third kappa shape index (κ3) is 5.79. The van der Waals surface area contributed by atoms with Gasteiger partial charge in [0.05, 0.1) is 17.1 Å². The number of hydrogen-bond donors (Lipinski definition) is 0. The Morgan fingerprint density at radius 3 is 2.53 bits per heavy atom. The second kappa shape index (κ2) is 10.3. The second-order valence-electron chi connectivity index (χ2n) is 8.43. The Bertz CT molecular complexity index is 1060. The van der Waals surface area contributed by atoms with E-state index in [0.717, 1.165) is 29.8 Å². The highest BCUT2D eigenvalue weighted by Gasteiger charge is 2.34. The highest BCUT2D eigenvalue weighted by molar-refractivity contribution is 7.91. The third-order valence-corrected chi connectivity index (χ3v) is 7.78. The summed E-state index contributed by atoms with van der Waals surface area (Å²) >= 11 is 0. The van der Waals surface area contributed by atoms with Gasteiger partial charge in [-0.05, 0) is 38.3 Å². The Kier molecular flexibility index (Phi) is 7.77. The number of aromatic nitrogens is 1. The predicted molar refractivity (Wildman–Crippen MR) is 123 cm³/mol. The van der Waals surface area contributed by atoms with Crippen LogP contribution in [0.3, 0.4) is 0 Å². The third-order valence-electron chi connectivity index (χ3n) is 6.03. The lowest BCUT2D eigenvalue weighted by Gasteiger charge is -2.28. The van der Waals surface area contributed by atoms with Crippen LogP contribution in [-0.2, 0) is 25.9 Å². The van der Waals surface area contributed by atoms with E-state index in [9.17, 15) is 18.0 Å². The molecule has 1 unspecified atom stereocenters. The van der Waals surface area contributed by atoms with Crippen LogP contribution in [-0.4, -0.2) is 60.5 Å². The summed E-state index contributed by atoms with van der Waals surface area (Å²) in [7, 11) is -3.11. The van der Waals surface area contributed by atoms with Crippen LogP contribution in [0.2, 0.25) is 0 Å². The zero-order valence-electron chi connectivity index (χ0n) is 19.0. The fourth-order valence-corrected chi connectivity index (χ4v) is 5.90. The van der Waals surface area contributed by atoms with Gasteiger partial charge in [0.25, 0.3) is 5.91 Å². The van der Waals surface area contributed by atoms with Crippen molar-refractivity contribution in [2.75, 3.05) is 24.7 Å². The maximum Gasteiger partial charge on any atom is 0.340 e. The van der Waals surface area contributed by atoms with Crippen LogP contribution >= 0.6 is 0 Å². The number of sulfone groups is 1. The van der Waals surface area contributed by atoms with Crippen LogP contribution in [0, 0.1) is 13.8 Å². The molecule has 3 rings (SSSR count). The van der Waals surface area contributed by atoms with Crippen LogP contribution in [0.4, 0.5) is 0 Å². The van der Waals surface area contributed by atoms with Crippen molar-refractivity contribution < 1.29 is 22.7 Å². The smallest absolute Gasteiger partial charge is 0.340 e. The summed E-state index contributed by atoms with van der Waals surface area (Å²) in [5.41, 5.74) is 3.29. The first kappa shape index (κ1) is 24.0. The number of aryl methyl sites for hydroxylation is 1. The van der Waals surface area contributed by atoms with Gasteiger partial charge in [0.1, 0.15) is 0 Å². The topological polar surface area (TPSA) is 85.7 Å². The molecule has 174 valence electrons. The molecule has 1 aromatic carbocycles. The van der Waals surface area contributed by atoms with E-state index in [-0.39, 0.29) is 30.1 Å². The normalized spacial score (nSPS) is 17.3.